The number of hydrogen-bond donors (Lipinski definition) is 1. The van der Waals surface area contributed by atoms with Crippen LogP contribution in [0, 0.1) is 0 Å². The van der Waals surface area contributed by atoms with Crippen LogP contribution in [0.15, 0.2) is 17.0 Å². The number of halogens is 6. The SMILES string of the molecule is CSc1c(C(F)(F)F)cc(O)cc1C(F)(F)F. The molecule has 0 spiro atoms. The van der Waals surface area contributed by atoms with Gasteiger partial charge in [-0.1, -0.05) is 0 Å². The first-order valence-corrected chi connectivity index (χ1v) is 5.35. The van der Waals surface area contributed by atoms with E-state index in [0.29, 0.717) is 11.8 Å². The van der Waals surface area contributed by atoms with Gasteiger partial charge < -0.3 is 5.11 Å². The molecule has 96 valence electrons. The van der Waals surface area contributed by atoms with Gasteiger partial charge in [0, 0.05) is 4.90 Å². The van der Waals surface area contributed by atoms with Gasteiger partial charge in [0.2, 0.25) is 0 Å². The van der Waals surface area contributed by atoms with Crippen LogP contribution in [0.1, 0.15) is 11.1 Å². The summed E-state index contributed by atoms with van der Waals surface area (Å²) >= 11 is 0.333. The number of aromatic hydroxyl groups is 1. The summed E-state index contributed by atoms with van der Waals surface area (Å²) in [4.78, 5) is -0.942. The highest BCUT2D eigenvalue weighted by Gasteiger charge is 2.41. The van der Waals surface area contributed by atoms with Gasteiger partial charge in [-0.3, -0.25) is 0 Å². The lowest BCUT2D eigenvalue weighted by Gasteiger charge is -2.17. The van der Waals surface area contributed by atoms with E-state index in [0.717, 1.165) is 6.26 Å². The molecule has 0 bridgehead atoms. The fourth-order valence-electron chi connectivity index (χ4n) is 1.25. The second-order valence-electron chi connectivity index (χ2n) is 3.07. The van der Waals surface area contributed by atoms with Gasteiger partial charge in [0.25, 0.3) is 0 Å². The molecule has 0 aliphatic carbocycles. The fraction of sp³-hybridized carbons (Fsp3) is 0.333. The van der Waals surface area contributed by atoms with Crippen molar-refractivity contribution in [3.05, 3.63) is 23.3 Å². The van der Waals surface area contributed by atoms with Crippen LogP contribution in [-0.4, -0.2) is 11.4 Å². The molecule has 1 nitrogen and oxygen atoms in total. The molecule has 1 aromatic carbocycles. The van der Waals surface area contributed by atoms with Crippen molar-refractivity contribution in [3.8, 4) is 5.75 Å². The van der Waals surface area contributed by atoms with E-state index < -0.39 is 34.1 Å². The Morgan fingerprint density at radius 3 is 1.53 bits per heavy atom. The molecule has 0 aliphatic rings. The zero-order chi connectivity index (χ0) is 13.4. The minimum absolute atomic E-state index is 0.279. The Balaban J connectivity index is 3.58. The van der Waals surface area contributed by atoms with Crippen LogP contribution in [0.2, 0.25) is 0 Å². The predicted molar refractivity (Wildman–Crippen MR) is 49.9 cm³/mol. The molecule has 0 unspecified atom stereocenters. The number of rotatable bonds is 1. The van der Waals surface area contributed by atoms with Crippen molar-refractivity contribution in [1.82, 2.24) is 0 Å². The van der Waals surface area contributed by atoms with Crippen LogP contribution < -0.4 is 0 Å². The highest BCUT2D eigenvalue weighted by Crippen LogP contribution is 2.45. The topological polar surface area (TPSA) is 20.2 Å². The molecule has 0 heterocycles. The molecule has 1 rings (SSSR count). The molecule has 1 aromatic rings. The van der Waals surface area contributed by atoms with Gasteiger partial charge in [-0.05, 0) is 18.4 Å². The lowest BCUT2D eigenvalue weighted by Crippen LogP contribution is -2.13. The Morgan fingerprint density at radius 2 is 1.29 bits per heavy atom. The molecule has 0 aliphatic heterocycles. The Kier molecular flexibility index (Phi) is 3.56. The number of phenolic OH excluding ortho intramolecular Hbond substituents is 1. The number of hydrogen-bond acceptors (Lipinski definition) is 2. The van der Waals surface area contributed by atoms with Crippen LogP contribution in [0.4, 0.5) is 26.3 Å². The van der Waals surface area contributed by atoms with Crippen molar-refractivity contribution in [3.63, 3.8) is 0 Å². The number of phenols is 1. The number of alkyl halides is 6. The average Bonchev–Trinajstić information content (AvgIpc) is 2.13. The van der Waals surface area contributed by atoms with Crippen molar-refractivity contribution in [2.75, 3.05) is 6.26 Å². The third-order valence-electron chi connectivity index (χ3n) is 1.89. The van der Waals surface area contributed by atoms with Crippen molar-refractivity contribution in [2.24, 2.45) is 0 Å². The first kappa shape index (κ1) is 14.0. The maximum Gasteiger partial charge on any atom is 0.417 e. The molecule has 1 N–H and O–H groups in total. The normalized spacial score (nSPS) is 12.9. The number of thioether (sulfide) groups is 1. The fourth-order valence-corrected chi connectivity index (χ4v) is 2.04. The molecule has 0 aromatic heterocycles. The van der Waals surface area contributed by atoms with Gasteiger partial charge in [-0.25, -0.2) is 0 Å². The van der Waals surface area contributed by atoms with Gasteiger partial charge in [0.1, 0.15) is 5.75 Å². The molecular weight excluding hydrogens is 270 g/mol. The zero-order valence-electron chi connectivity index (χ0n) is 8.28. The van der Waals surface area contributed by atoms with Crippen LogP contribution in [0.25, 0.3) is 0 Å². The molecular formula is C9H6F6OS. The maximum absolute atomic E-state index is 12.5. The van der Waals surface area contributed by atoms with Crippen molar-refractivity contribution >= 4 is 11.8 Å². The summed E-state index contributed by atoms with van der Waals surface area (Å²) < 4.78 is 75.0. The van der Waals surface area contributed by atoms with Gasteiger partial charge in [-0.15, -0.1) is 11.8 Å². The monoisotopic (exact) mass is 276 g/mol. The van der Waals surface area contributed by atoms with E-state index in [4.69, 9.17) is 5.11 Å². The number of benzene rings is 1. The average molecular weight is 276 g/mol. The molecule has 0 fully saturated rings. The first-order chi connectivity index (χ1) is 7.57. The second-order valence-corrected chi connectivity index (χ2v) is 3.89. The Labute approximate surface area is 96.4 Å². The molecule has 17 heavy (non-hydrogen) atoms. The highest BCUT2D eigenvalue weighted by atomic mass is 32.2. The van der Waals surface area contributed by atoms with Gasteiger partial charge >= 0.3 is 12.4 Å². The minimum Gasteiger partial charge on any atom is -0.508 e. The van der Waals surface area contributed by atoms with Crippen molar-refractivity contribution < 1.29 is 31.4 Å². The molecule has 0 saturated heterocycles. The van der Waals surface area contributed by atoms with Crippen LogP contribution in [-0.2, 0) is 12.4 Å². The molecule has 8 heteroatoms. The van der Waals surface area contributed by atoms with E-state index in [1.807, 2.05) is 0 Å². The lowest BCUT2D eigenvalue weighted by molar-refractivity contribution is -0.147. The summed E-state index contributed by atoms with van der Waals surface area (Å²) in [6.45, 7) is 0. The summed E-state index contributed by atoms with van der Waals surface area (Å²) in [6, 6.07) is 0.558. The molecule has 0 atom stereocenters. The highest BCUT2D eigenvalue weighted by molar-refractivity contribution is 7.98. The Bertz CT molecular complexity index is 387. The van der Waals surface area contributed by atoms with E-state index in [-0.39, 0.29) is 12.1 Å². The minimum atomic E-state index is -4.95. The third kappa shape index (κ3) is 2.99. The van der Waals surface area contributed by atoms with Crippen LogP contribution in [0.5, 0.6) is 5.75 Å². The molecule has 0 amide bonds. The maximum atomic E-state index is 12.5. The van der Waals surface area contributed by atoms with E-state index in [1.165, 1.54) is 0 Å². The first-order valence-electron chi connectivity index (χ1n) is 4.12. The largest absolute Gasteiger partial charge is 0.508 e. The van der Waals surface area contributed by atoms with E-state index in [9.17, 15) is 26.3 Å². The van der Waals surface area contributed by atoms with Crippen molar-refractivity contribution in [1.29, 1.82) is 0 Å². The Hall–Kier alpha value is -1.05. The van der Waals surface area contributed by atoms with Crippen LogP contribution >= 0.6 is 11.8 Å². The molecule has 0 saturated carbocycles. The Morgan fingerprint density at radius 1 is 0.941 bits per heavy atom. The smallest absolute Gasteiger partial charge is 0.417 e. The summed E-state index contributed by atoms with van der Waals surface area (Å²) in [5, 5.41) is 8.93. The lowest BCUT2D eigenvalue weighted by atomic mass is 10.1. The van der Waals surface area contributed by atoms with Gasteiger partial charge in [0.15, 0.2) is 0 Å². The van der Waals surface area contributed by atoms with E-state index in [1.54, 1.807) is 0 Å². The third-order valence-corrected chi connectivity index (χ3v) is 2.74. The molecule has 0 radical (unpaired) electrons. The quantitative estimate of drug-likeness (QED) is 0.614. The summed E-state index contributed by atoms with van der Waals surface area (Å²) in [6.07, 6.45) is -8.79. The summed E-state index contributed by atoms with van der Waals surface area (Å²) in [5.74, 6) is -1.07. The standard InChI is InChI=1S/C9H6F6OS/c1-17-7-5(8(10,11)12)2-4(16)3-6(7)9(13,14)15/h2-3,16H,1H3. The summed E-state index contributed by atoms with van der Waals surface area (Å²) in [7, 11) is 0. The van der Waals surface area contributed by atoms with Crippen molar-refractivity contribution in [2.45, 2.75) is 17.2 Å². The van der Waals surface area contributed by atoms with Gasteiger partial charge in [-0.2, -0.15) is 26.3 Å². The summed E-state index contributed by atoms with van der Waals surface area (Å²) in [5.41, 5.74) is -2.98. The zero-order valence-corrected chi connectivity index (χ0v) is 9.09. The van der Waals surface area contributed by atoms with Gasteiger partial charge in [0.05, 0.1) is 11.1 Å². The van der Waals surface area contributed by atoms with Crippen LogP contribution in [0.3, 0.4) is 0 Å². The second kappa shape index (κ2) is 4.32. The van der Waals surface area contributed by atoms with E-state index in [2.05, 4.69) is 0 Å². The van der Waals surface area contributed by atoms with E-state index >= 15 is 0 Å². The predicted octanol–water partition coefficient (Wildman–Crippen LogP) is 4.15.